The molecular formula is C26H31N3O7. The normalized spacial score (nSPS) is 17.1. The van der Waals surface area contributed by atoms with Gasteiger partial charge in [0, 0.05) is 11.3 Å². The number of ether oxygens (including phenoxy) is 2. The quantitative estimate of drug-likeness (QED) is 0.226. The first kappa shape index (κ1) is 26.7. The zero-order chi connectivity index (χ0) is 26.7. The van der Waals surface area contributed by atoms with Gasteiger partial charge < -0.3 is 29.4 Å². The molecule has 1 aromatic carbocycles. The standard InChI is InChI=1S/C26H31N3O7/c1-7-36-26(34)20-14(2)18(15(3)27-20)22(30)19-21(16-8-10-17(11-9-16)25(33)35-6)29(13-12-28(4)5)24(32)23(19)31/h8-11,21,27,30H,7,12-13H2,1-6H3/b22-19+. The summed E-state index contributed by atoms with van der Waals surface area (Å²) < 4.78 is 9.81. The molecule has 1 aliphatic heterocycles. The van der Waals surface area contributed by atoms with Gasteiger partial charge in [0.1, 0.15) is 5.69 Å². The number of rotatable bonds is 8. The van der Waals surface area contributed by atoms with Gasteiger partial charge in [0.05, 0.1) is 52.5 Å². The molecule has 1 aliphatic rings. The molecule has 1 aromatic heterocycles. The van der Waals surface area contributed by atoms with Crippen LogP contribution in [0.4, 0.5) is 0 Å². The molecule has 3 rings (SSSR count). The van der Waals surface area contributed by atoms with Crippen molar-refractivity contribution in [2.45, 2.75) is 26.8 Å². The number of esters is 2. The van der Waals surface area contributed by atoms with E-state index in [1.54, 1.807) is 32.9 Å². The van der Waals surface area contributed by atoms with Crippen molar-refractivity contribution in [3.05, 3.63) is 63.5 Å². The lowest BCUT2D eigenvalue weighted by Crippen LogP contribution is -3.06. The molecule has 0 spiro atoms. The van der Waals surface area contributed by atoms with Crippen molar-refractivity contribution in [3.8, 4) is 0 Å². The van der Waals surface area contributed by atoms with E-state index in [4.69, 9.17) is 9.47 Å². The number of hydrogen-bond donors (Lipinski definition) is 2. The molecule has 10 nitrogen and oxygen atoms in total. The monoisotopic (exact) mass is 497 g/mol. The third-order valence-corrected chi connectivity index (χ3v) is 6.17. The second-order valence-electron chi connectivity index (χ2n) is 8.89. The van der Waals surface area contributed by atoms with Crippen LogP contribution in [0.15, 0.2) is 29.8 Å². The summed E-state index contributed by atoms with van der Waals surface area (Å²) in [6, 6.07) is 5.32. The Labute approximate surface area is 209 Å². The Bertz CT molecular complexity index is 1220. The molecule has 0 bridgehead atoms. The molecule has 1 atom stereocenters. The van der Waals surface area contributed by atoms with E-state index in [1.807, 2.05) is 14.1 Å². The van der Waals surface area contributed by atoms with Gasteiger partial charge >= 0.3 is 11.9 Å². The predicted molar refractivity (Wildman–Crippen MR) is 128 cm³/mol. The summed E-state index contributed by atoms with van der Waals surface area (Å²) in [5.74, 6) is -3.41. The van der Waals surface area contributed by atoms with Crippen LogP contribution in [0.5, 0.6) is 0 Å². The molecule has 0 radical (unpaired) electrons. The Morgan fingerprint density at radius 2 is 1.75 bits per heavy atom. The number of carbonyl (C=O) groups is 4. The van der Waals surface area contributed by atoms with Crippen molar-refractivity contribution in [3.63, 3.8) is 0 Å². The van der Waals surface area contributed by atoms with E-state index in [1.165, 1.54) is 24.1 Å². The van der Waals surface area contributed by atoms with Crippen LogP contribution >= 0.6 is 0 Å². The lowest BCUT2D eigenvalue weighted by atomic mass is 9.93. The summed E-state index contributed by atoms with van der Waals surface area (Å²) in [6.45, 7) is 5.85. The number of amides is 1. The van der Waals surface area contributed by atoms with Gasteiger partial charge in [0.2, 0.25) is 5.78 Å². The van der Waals surface area contributed by atoms with Crippen molar-refractivity contribution < 1.29 is 38.7 Å². The van der Waals surface area contributed by atoms with E-state index in [2.05, 4.69) is 4.98 Å². The molecule has 1 amide bonds. The van der Waals surface area contributed by atoms with Crippen LogP contribution in [0.3, 0.4) is 0 Å². The Morgan fingerprint density at radius 3 is 2.31 bits per heavy atom. The Kier molecular flexibility index (Phi) is 7.99. The van der Waals surface area contributed by atoms with Gasteiger partial charge in [-0.3, -0.25) is 9.59 Å². The summed E-state index contributed by atoms with van der Waals surface area (Å²) in [7, 11) is 5.11. The van der Waals surface area contributed by atoms with Gasteiger partial charge in [-0.25, -0.2) is 9.59 Å². The zero-order valence-corrected chi connectivity index (χ0v) is 21.3. The minimum Gasteiger partial charge on any atom is -0.872 e. The number of nitrogens with zero attached hydrogens (tertiary/aromatic N) is 1. The molecule has 0 aliphatic carbocycles. The highest BCUT2D eigenvalue weighted by Crippen LogP contribution is 2.39. The minimum absolute atomic E-state index is 0.127. The number of nitrogens with one attached hydrogen (secondary N) is 2. The lowest BCUT2D eigenvalue weighted by molar-refractivity contribution is -0.857. The summed E-state index contributed by atoms with van der Waals surface area (Å²) in [4.78, 5) is 55.9. The molecule has 36 heavy (non-hydrogen) atoms. The van der Waals surface area contributed by atoms with E-state index in [0.29, 0.717) is 28.9 Å². The van der Waals surface area contributed by atoms with Crippen molar-refractivity contribution in [1.29, 1.82) is 0 Å². The Balaban J connectivity index is 2.19. The van der Waals surface area contributed by atoms with Crippen LogP contribution < -0.4 is 10.0 Å². The second-order valence-corrected chi connectivity index (χ2v) is 8.89. The maximum absolute atomic E-state index is 13.8. The van der Waals surface area contributed by atoms with E-state index < -0.39 is 35.4 Å². The van der Waals surface area contributed by atoms with Gasteiger partial charge in [0.15, 0.2) is 0 Å². The van der Waals surface area contributed by atoms with Crippen LogP contribution in [0.2, 0.25) is 0 Å². The molecule has 1 fully saturated rings. The smallest absolute Gasteiger partial charge is 0.355 e. The average Bonchev–Trinajstić information content (AvgIpc) is 3.29. The first-order valence-electron chi connectivity index (χ1n) is 11.6. The van der Waals surface area contributed by atoms with Crippen LogP contribution in [0, 0.1) is 13.8 Å². The van der Waals surface area contributed by atoms with Gasteiger partial charge in [0.25, 0.3) is 5.91 Å². The predicted octanol–water partition coefficient (Wildman–Crippen LogP) is -0.0367. The van der Waals surface area contributed by atoms with Crippen LogP contribution in [0.25, 0.3) is 5.76 Å². The van der Waals surface area contributed by atoms with Gasteiger partial charge in [-0.05, 0) is 49.6 Å². The number of hydrogen-bond acceptors (Lipinski definition) is 7. The maximum atomic E-state index is 13.8. The highest BCUT2D eigenvalue weighted by molar-refractivity contribution is 6.46. The van der Waals surface area contributed by atoms with E-state index in [0.717, 1.165) is 4.90 Å². The summed E-state index contributed by atoms with van der Waals surface area (Å²) in [6.07, 6.45) is 0. The van der Waals surface area contributed by atoms with Gasteiger partial charge in [-0.15, -0.1) is 0 Å². The molecule has 2 N–H and O–H groups in total. The van der Waals surface area contributed by atoms with Gasteiger partial charge in [-0.1, -0.05) is 17.9 Å². The number of methoxy groups -OCH3 is 1. The van der Waals surface area contributed by atoms with Crippen molar-refractivity contribution in [2.24, 2.45) is 0 Å². The third-order valence-electron chi connectivity index (χ3n) is 6.17. The third kappa shape index (κ3) is 4.90. The number of aromatic nitrogens is 1. The molecular weight excluding hydrogens is 466 g/mol. The lowest BCUT2D eigenvalue weighted by Gasteiger charge is -2.28. The Hall–Kier alpha value is -3.92. The fourth-order valence-electron chi connectivity index (χ4n) is 4.34. The number of aryl methyl sites for hydroxylation is 1. The number of likely N-dealkylation sites (tertiary alicyclic amines) is 1. The molecule has 1 saturated heterocycles. The number of likely N-dealkylation sites (N-methyl/N-ethyl adjacent to an activating group) is 1. The molecule has 0 saturated carbocycles. The Morgan fingerprint density at radius 1 is 1.11 bits per heavy atom. The first-order chi connectivity index (χ1) is 17.0. The van der Waals surface area contributed by atoms with Crippen LogP contribution in [-0.2, 0) is 19.1 Å². The van der Waals surface area contributed by atoms with E-state index in [-0.39, 0.29) is 30.0 Å². The summed E-state index contributed by atoms with van der Waals surface area (Å²) in [5, 5.41) is 13.8. The van der Waals surface area contributed by atoms with E-state index >= 15 is 0 Å². The van der Waals surface area contributed by atoms with Gasteiger partial charge in [-0.2, -0.15) is 0 Å². The van der Waals surface area contributed by atoms with Crippen LogP contribution in [0.1, 0.15) is 56.2 Å². The molecule has 192 valence electrons. The van der Waals surface area contributed by atoms with Crippen molar-refractivity contribution in [2.75, 3.05) is 40.9 Å². The average molecular weight is 498 g/mol. The zero-order valence-electron chi connectivity index (χ0n) is 21.3. The fourth-order valence-corrected chi connectivity index (χ4v) is 4.34. The van der Waals surface area contributed by atoms with Crippen molar-refractivity contribution in [1.82, 2.24) is 9.88 Å². The largest absolute Gasteiger partial charge is 0.872 e. The number of H-pyrrole nitrogens is 1. The molecule has 2 heterocycles. The number of carbonyl (C=O) groups excluding carboxylic acids is 4. The van der Waals surface area contributed by atoms with E-state index in [9.17, 15) is 24.3 Å². The number of aromatic amines is 1. The van der Waals surface area contributed by atoms with Crippen LogP contribution in [-0.4, -0.2) is 74.4 Å². The van der Waals surface area contributed by atoms with Crippen molar-refractivity contribution >= 4 is 29.4 Å². The highest BCUT2D eigenvalue weighted by atomic mass is 16.5. The number of quaternary nitrogens is 1. The number of ketones is 1. The highest BCUT2D eigenvalue weighted by Gasteiger charge is 2.44. The molecule has 1 unspecified atom stereocenters. The summed E-state index contributed by atoms with van der Waals surface area (Å²) in [5.41, 5.74) is 1.64. The topological polar surface area (TPSA) is 133 Å². The molecule has 10 heteroatoms. The maximum Gasteiger partial charge on any atom is 0.355 e. The first-order valence-corrected chi connectivity index (χ1v) is 11.6. The number of benzene rings is 1. The second kappa shape index (κ2) is 10.8. The number of Topliss-reactive ketones (excluding diaryl/α,β-unsaturated/α-hetero) is 1. The fraction of sp³-hybridized carbons (Fsp3) is 0.385. The minimum atomic E-state index is -0.941. The molecule has 2 aromatic rings. The SMILES string of the molecule is CCOC(=O)c1[nH]c(C)c(/C([O-])=C2\C(=O)C(=O)N(CC[NH+](C)C)C2c2ccc(C(=O)OC)cc2)c1C. The summed E-state index contributed by atoms with van der Waals surface area (Å²) >= 11 is 0.